The molecule has 1 aromatic carbocycles. The van der Waals surface area contributed by atoms with Gasteiger partial charge in [0.2, 0.25) is 5.91 Å². The second kappa shape index (κ2) is 5.74. The van der Waals surface area contributed by atoms with Gasteiger partial charge < -0.3 is 10.2 Å². The highest BCUT2D eigenvalue weighted by molar-refractivity contribution is 6.31. The van der Waals surface area contributed by atoms with E-state index in [0.717, 1.165) is 42.9 Å². The molecule has 4 heteroatoms. The minimum Gasteiger partial charge on any atom is -0.333 e. The molecule has 1 saturated carbocycles. The maximum atomic E-state index is 12.8. The van der Waals surface area contributed by atoms with E-state index in [0.29, 0.717) is 11.9 Å². The van der Waals surface area contributed by atoms with Crippen molar-refractivity contribution in [1.82, 2.24) is 10.2 Å². The highest BCUT2D eigenvalue weighted by Gasteiger charge is 2.39. The molecular formula is C16H21ClN2O. The van der Waals surface area contributed by atoms with Gasteiger partial charge in [-0.05, 0) is 44.4 Å². The predicted molar refractivity (Wildman–Crippen MR) is 80.7 cm³/mol. The smallest absolute Gasteiger partial charge is 0.227 e. The van der Waals surface area contributed by atoms with Crippen LogP contribution >= 0.6 is 11.6 Å². The second-order valence-electron chi connectivity index (χ2n) is 5.86. The van der Waals surface area contributed by atoms with Gasteiger partial charge in [-0.3, -0.25) is 4.79 Å². The molecule has 1 aromatic rings. The summed E-state index contributed by atoms with van der Waals surface area (Å²) >= 11 is 6.30. The molecule has 20 heavy (non-hydrogen) atoms. The Bertz CT molecular complexity index is 495. The molecule has 0 bridgehead atoms. The highest BCUT2D eigenvalue weighted by Crippen LogP contribution is 2.38. The molecule has 0 aromatic heterocycles. The molecule has 1 amide bonds. The van der Waals surface area contributed by atoms with Crippen molar-refractivity contribution in [1.29, 1.82) is 0 Å². The van der Waals surface area contributed by atoms with Crippen molar-refractivity contribution in [2.24, 2.45) is 5.92 Å². The molecule has 2 fully saturated rings. The van der Waals surface area contributed by atoms with E-state index in [9.17, 15) is 4.79 Å². The first kappa shape index (κ1) is 13.9. The van der Waals surface area contributed by atoms with E-state index in [1.165, 1.54) is 0 Å². The number of hydrogen-bond acceptors (Lipinski definition) is 2. The van der Waals surface area contributed by atoms with Crippen LogP contribution in [0.2, 0.25) is 5.02 Å². The zero-order chi connectivity index (χ0) is 14.1. The molecule has 1 N–H and O–H groups in total. The second-order valence-corrected chi connectivity index (χ2v) is 6.27. The zero-order valence-electron chi connectivity index (χ0n) is 11.8. The van der Waals surface area contributed by atoms with Gasteiger partial charge in [0.15, 0.2) is 0 Å². The van der Waals surface area contributed by atoms with Crippen LogP contribution in [0.4, 0.5) is 0 Å². The van der Waals surface area contributed by atoms with Crippen molar-refractivity contribution < 1.29 is 4.79 Å². The molecule has 108 valence electrons. The van der Waals surface area contributed by atoms with Crippen LogP contribution in [0.1, 0.15) is 37.8 Å². The van der Waals surface area contributed by atoms with Crippen molar-refractivity contribution in [2.45, 2.75) is 38.3 Å². The van der Waals surface area contributed by atoms with E-state index in [1.54, 1.807) is 0 Å². The summed E-state index contributed by atoms with van der Waals surface area (Å²) in [5.41, 5.74) is 1.06. The fourth-order valence-electron chi connectivity index (χ4n) is 3.08. The van der Waals surface area contributed by atoms with Gasteiger partial charge in [-0.15, -0.1) is 0 Å². The molecule has 2 aliphatic rings. The molecular weight excluding hydrogens is 272 g/mol. The van der Waals surface area contributed by atoms with Crippen LogP contribution in [0.3, 0.4) is 0 Å². The molecule has 3 nitrogen and oxygen atoms in total. The maximum Gasteiger partial charge on any atom is 0.227 e. The minimum absolute atomic E-state index is 0.0595. The van der Waals surface area contributed by atoms with Crippen molar-refractivity contribution >= 4 is 17.5 Å². The Morgan fingerprint density at radius 2 is 2.10 bits per heavy atom. The molecule has 2 atom stereocenters. The quantitative estimate of drug-likeness (QED) is 0.925. The molecule has 1 saturated heterocycles. The van der Waals surface area contributed by atoms with E-state index >= 15 is 0 Å². The Hall–Kier alpha value is -1.06. The Balaban J connectivity index is 1.83. The summed E-state index contributed by atoms with van der Waals surface area (Å²) in [4.78, 5) is 14.9. The van der Waals surface area contributed by atoms with E-state index in [4.69, 9.17) is 11.6 Å². The van der Waals surface area contributed by atoms with Gasteiger partial charge in [-0.2, -0.15) is 0 Å². The standard InChI is InChI=1S/C16H21ClN2O/c1-11(14-4-2-3-5-15(14)17)19(13-6-7-13)16(20)12-8-9-18-10-12/h2-5,11-13,18H,6-10H2,1H3/t11-,12+/m0/s1. The number of amides is 1. The maximum absolute atomic E-state index is 12.8. The van der Waals surface area contributed by atoms with Gasteiger partial charge in [0.1, 0.15) is 0 Å². The summed E-state index contributed by atoms with van der Waals surface area (Å²) in [6.07, 6.45) is 3.21. The van der Waals surface area contributed by atoms with Crippen LogP contribution < -0.4 is 5.32 Å². The molecule has 0 radical (unpaired) electrons. The van der Waals surface area contributed by atoms with Gasteiger partial charge in [0.25, 0.3) is 0 Å². The Kier molecular flexibility index (Phi) is 3.99. The molecule has 0 spiro atoms. The highest BCUT2D eigenvalue weighted by atomic mass is 35.5. The van der Waals surface area contributed by atoms with Crippen molar-refractivity contribution in [3.8, 4) is 0 Å². The SMILES string of the molecule is C[C@@H](c1ccccc1Cl)N(C(=O)[C@@H]1CCNC1)C1CC1. The lowest BCUT2D eigenvalue weighted by molar-refractivity contribution is -0.137. The molecule has 1 aliphatic carbocycles. The van der Waals surface area contributed by atoms with Gasteiger partial charge in [0, 0.05) is 17.6 Å². The summed E-state index contributed by atoms with van der Waals surface area (Å²) in [5.74, 6) is 0.436. The number of carbonyl (C=O) groups is 1. The number of halogens is 1. The topological polar surface area (TPSA) is 32.3 Å². The van der Waals surface area contributed by atoms with E-state index < -0.39 is 0 Å². The van der Waals surface area contributed by atoms with Crippen LogP contribution in [0.5, 0.6) is 0 Å². The number of benzene rings is 1. The van der Waals surface area contributed by atoms with Crippen LogP contribution in [-0.4, -0.2) is 29.9 Å². The monoisotopic (exact) mass is 292 g/mol. The van der Waals surface area contributed by atoms with E-state index in [1.807, 2.05) is 24.3 Å². The lowest BCUT2D eigenvalue weighted by Gasteiger charge is -2.32. The van der Waals surface area contributed by atoms with E-state index in [-0.39, 0.29) is 12.0 Å². The molecule has 1 heterocycles. The average molecular weight is 293 g/mol. The lowest BCUT2D eigenvalue weighted by atomic mass is 10.0. The first-order valence-corrected chi connectivity index (χ1v) is 7.83. The van der Waals surface area contributed by atoms with Crippen molar-refractivity contribution in [3.63, 3.8) is 0 Å². The third-order valence-corrected chi connectivity index (χ3v) is 4.72. The normalized spacial score (nSPS) is 23.6. The van der Waals surface area contributed by atoms with Crippen LogP contribution in [0.25, 0.3) is 0 Å². The average Bonchev–Trinajstić information content (AvgIpc) is 3.12. The number of rotatable bonds is 4. The van der Waals surface area contributed by atoms with Crippen molar-refractivity contribution in [3.05, 3.63) is 34.9 Å². The Morgan fingerprint density at radius 1 is 1.35 bits per heavy atom. The molecule has 3 rings (SSSR count). The Labute approximate surface area is 125 Å². The first-order chi connectivity index (χ1) is 9.68. The van der Waals surface area contributed by atoms with E-state index in [2.05, 4.69) is 17.1 Å². The minimum atomic E-state index is 0.0595. The van der Waals surface area contributed by atoms with Crippen LogP contribution in [0, 0.1) is 5.92 Å². The zero-order valence-corrected chi connectivity index (χ0v) is 12.6. The molecule has 0 unspecified atom stereocenters. The van der Waals surface area contributed by atoms with Gasteiger partial charge in [-0.25, -0.2) is 0 Å². The first-order valence-electron chi connectivity index (χ1n) is 7.46. The molecule has 1 aliphatic heterocycles. The van der Waals surface area contributed by atoms with Gasteiger partial charge in [0.05, 0.1) is 12.0 Å². The van der Waals surface area contributed by atoms with Crippen LogP contribution in [0.15, 0.2) is 24.3 Å². The predicted octanol–water partition coefficient (Wildman–Crippen LogP) is 3.00. The largest absolute Gasteiger partial charge is 0.333 e. The number of nitrogens with one attached hydrogen (secondary N) is 1. The summed E-state index contributed by atoms with van der Waals surface area (Å²) in [7, 11) is 0. The van der Waals surface area contributed by atoms with Gasteiger partial charge >= 0.3 is 0 Å². The number of carbonyl (C=O) groups excluding carboxylic acids is 1. The lowest BCUT2D eigenvalue weighted by Crippen LogP contribution is -2.40. The fraction of sp³-hybridized carbons (Fsp3) is 0.562. The third-order valence-electron chi connectivity index (χ3n) is 4.38. The number of nitrogens with zero attached hydrogens (tertiary/aromatic N) is 1. The van der Waals surface area contributed by atoms with Crippen molar-refractivity contribution in [2.75, 3.05) is 13.1 Å². The third kappa shape index (κ3) is 2.70. The van der Waals surface area contributed by atoms with Gasteiger partial charge in [-0.1, -0.05) is 29.8 Å². The summed E-state index contributed by atoms with van der Waals surface area (Å²) in [5, 5.41) is 4.04. The fourth-order valence-corrected chi connectivity index (χ4v) is 3.37. The Morgan fingerprint density at radius 3 is 2.70 bits per heavy atom. The number of hydrogen-bond donors (Lipinski definition) is 1. The summed E-state index contributed by atoms with van der Waals surface area (Å²) in [6, 6.07) is 8.33. The summed E-state index contributed by atoms with van der Waals surface area (Å²) in [6.45, 7) is 3.87. The van der Waals surface area contributed by atoms with Crippen LogP contribution in [-0.2, 0) is 4.79 Å². The summed E-state index contributed by atoms with van der Waals surface area (Å²) < 4.78 is 0.